The molecule has 0 bridgehead atoms. The zero-order chi connectivity index (χ0) is 21.1. The standard InChI is InChI=1S/C21H17FN4O3S/c22-15-3-1-2-13(10-15)11-17-12-23-21(30-17)24-20(29)14-4-6-16(7-5-14)26-19(28)9-8-18(27)25-26/h1-7,10,12H,8-9,11H2,(H,25,27)(H,23,24,29). The van der Waals surface area contributed by atoms with E-state index in [9.17, 15) is 18.8 Å². The molecule has 7 nitrogen and oxygen atoms in total. The Morgan fingerprint density at radius 3 is 2.73 bits per heavy atom. The fourth-order valence-corrected chi connectivity index (χ4v) is 3.85. The van der Waals surface area contributed by atoms with Crippen molar-refractivity contribution >= 4 is 39.9 Å². The third kappa shape index (κ3) is 4.52. The van der Waals surface area contributed by atoms with Gasteiger partial charge in [-0.1, -0.05) is 12.1 Å². The summed E-state index contributed by atoms with van der Waals surface area (Å²) in [4.78, 5) is 41.0. The van der Waals surface area contributed by atoms with Crippen LogP contribution in [-0.2, 0) is 16.0 Å². The zero-order valence-electron chi connectivity index (χ0n) is 15.7. The van der Waals surface area contributed by atoms with Crippen LogP contribution < -0.4 is 15.8 Å². The van der Waals surface area contributed by atoms with Gasteiger partial charge in [-0.3, -0.25) is 25.1 Å². The van der Waals surface area contributed by atoms with E-state index >= 15 is 0 Å². The van der Waals surface area contributed by atoms with Gasteiger partial charge in [0.1, 0.15) is 5.82 Å². The van der Waals surface area contributed by atoms with Crippen molar-refractivity contribution < 1.29 is 18.8 Å². The molecule has 152 valence electrons. The van der Waals surface area contributed by atoms with E-state index in [2.05, 4.69) is 15.7 Å². The SMILES string of the molecule is O=C1CCC(=O)N(c2ccc(C(=O)Nc3ncc(Cc4cccc(F)c4)s3)cc2)N1. The molecule has 0 aliphatic carbocycles. The van der Waals surface area contributed by atoms with Gasteiger partial charge >= 0.3 is 0 Å². The first-order valence-corrected chi connectivity index (χ1v) is 10.0. The van der Waals surface area contributed by atoms with E-state index in [0.29, 0.717) is 22.8 Å². The van der Waals surface area contributed by atoms with Crippen molar-refractivity contribution in [3.8, 4) is 0 Å². The van der Waals surface area contributed by atoms with Crippen LogP contribution in [0.4, 0.5) is 15.2 Å². The van der Waals surface area contributed by atoms with Crippen LogP contribution in [0.1, 0.15) is 33.6 Å². The van der Waals surface area contributed by atoms with E-state index < -0.39 is 0 Å². The molecule has 3 aromatic rings. The fraction of sp³-hybridized carbons (Fsp3) is 0.143. The van der Waals surface area contributed by atoms with E-state index in [0.717, 1.165) is 10.4 Å². The lowest BCUT2D eigenvalue weighted by Crippen LogP contribution is -2.50. The first-order chi connectivity index (χ1) is 14.5. The highest BCUT2D eigenvalue weighted by molar-refractivity contribution is 7.15. The molecule has 4 rings (SSSR count). The van der Waals surface area contributed by atoms with Crippen LogP contribution in [0.3, 0.4) is 0 Å². The Balaban J connectivity index is 1.40. The van der Waals surface area contributed by atoms with E-state index in [1.54, 1.807) is 36.5 Å². The first-order valence-electron chi connectivity index (χ1n) is 9.21. The van der Waals surface area contributed by atoms with Crippen molar-refractivity contribution in [2.24, 2.45) is 0 Å². The summed E-state index contributed by atoms with van der Waals surface area (Å²) < 4.78 is 13.3. The second-order valence-electron chi connectivity index (χ2n) is 6.70. The fourth-order valence-electron chi connectivity index (χ4n) is 3.01. The van der Waals surface area contributed by atoms with Crippen molar-refractivity contribution in [2.45, 2.75) is 19.3 Å². The number of benzene rings is 2. The maximum absolute atomic E-state index is 13.3. The normalized spacial score (nSPS) is 13.8. The molecule has 1 aliphatic heterocycles. The first kappa shape index (κ1) is 19.7. The van der Waals surface area contributed by atoms with E-state index in [1.807, 2.05) is 6.07 Å². The lowest BCUT2D eigenvalue weighted by molar-refractivity contribution is -0.130. The third-order valence-electron chi connectivity index (χ3n) is 4.48. The van der Waals surface area contributed by atoms with Crippen LogP contribution >= 0.6 is 11.3 Å². The molecular formula is C21H17FN4O3S. The van der Waals surface area contributed by atoms with Crippen LogP contribution in [0.25, 0.3) is 0 Å². The maximum atomic E-state index is 13.3. The summed E-state index contributed by atoms with van der Waals surface area (Å²) in [5.41, 5.74) is 4.20. The molecule has 0 spiro atoms. The number of aromatic nitrogens is 1. The molecule has 2 aromatic carbocycles. The predicted molar refractivity (Wildman–Crippen MR) is 111 cm³/mol. The molecule has 9 heteroatoms. The Kier molecular flexibility index (Phi) is 5.53. The number of anilines is 2. The van der Waals surface area contributed by atoms with Crippen LogP contribution in [0.15, 0.2) is 54.7 Å². The zero-order valence-corrected chi connectivity index (χ0v) is 16.5. The summed E-state index contributed by atoms with van der Waals surface area (Å²) in [5, 5.41) is 4.36. The minimum atomic E-state index is -0.345. The maximum Gasteiger partial charge on any atom is 0.257 e. The molecule has 0 saturated carbocycles. The van der Waals surface area contributed by atoms with Gasteiger partial charge in [0.15, 0.2) is 5.13 Å². The van der Waals surface area contributed by atoms with Gasteiger partial charge in [0, 0.05) is 35.9 Å². The van der Waals surface area contributed by atoms with Crippen LogP contribution in [0.5, 0.6) is 0 Å². The van der Waals surface area contributed by atoms with Crippen LogP contribution in [0.2, 0.25) is 0 Å². The highest BCUT2D eigenvalue weighted by Crippen LogP contribution is 2.23. The van der Waals surface area contributed by atoms with E-state index in [4.69, 9.17) is 0 Å². The summed E-state index contributed by atoms with van der Waals surface area (Å²) in [6.45, 7) is 0. The second-order valence-corrected chi connectivity index (χ2v) is 7.82. The van der Waals surface area contributed by atoms with Crippen molar-refractivity contribution in [3.05, 3.63) is 76.5 Å². The number of amides is 3. The largest absolute Gasteiger partial charge is 0.298 e. The number of rotatable bonds is 5. The monoisotopic (exact) mass is 424 g/mol. The number of nitrogens with one attached hydrogen (secondary N) is 2. The summed E-state index contributed by atoms with van der Waals surface area (Å²) in [7, 11) is 0. The molecule has 30 heavy (non-hydrogen) atoms. The quantitative estimate of drug-likeness (QED) is 0.658. The number of carbonyl (C=O) groups excluding carboxylic acids is 3. The van der Waals surface area contributed by atoms with Gasteiger partial charge in [0.25, 0.3) is 5.91 Å². The minimum absolute atomic E-state index is 0.149. The number of hydrogen-bond acceptors (Lipinski definition) is 5. The van der Waals surface area contributed by atoms with Gasteiger partial charge < -0.3 is 0 Å². The number of halogens is 1. The summed E-state index contributed by atoms with van der Waals surface area (Å²) in [6.07, 6.45) is 2.50. The Bertz CT molecular complexity index is 1110. The summed E-state index contributed by atoms with van der Waals surface area (Å²) >= 11 is 1.32. The second kappa shape index (κ2) is 8.42. The lowest BCUT2D eigenvalue weighted by atomic mass is 10.1. The smallest absolute Gasteiger partial charge is 0.257 e. The predicted octanol–water partition coefficient (Wildman–Crippen LogP) is 3.28. The molecular weight excluding hydrogens is 407 g/mol. The van der Waals surface area contributed by atoms with Crippen LogP contribution in [-0.4, -0.2) is 22.7 Å². The molecule has 1 saturated heterocycles. The summed E-state index contributed by atoms with van der Waals surface area (Å²) in [5.74, 6) is -1.07. The molecule has 1 aromatic heterocycles. The number of carbonyl (C=O) groups is 3. The Hall–Kier alpha value is -3.59. The van der Waals surface area contributed by atoms with Crippen molar-refractivity contribution in [2.75, 3.05) is 10.3 Å². The topological polar surface area (TPSA) is 91.4 Å². The van der Waals surface area contributed by atoms with E-state index in [-0.39, 0.29) is 36.4 Å². The molecule has 3 amide bonds. The number of hydrazine groups is 1. The molecule has 2 N–H and O–H groups in total. The summed E-state index contributed by atoms with van der Waals surface area (Å²) in [6, 6.07) is 12.7. The highest BCUT2D eigenvalue weighted by Gasteiger charge is 2.24. The average Bonchev–Trinajstić information content (AvgIpc) is 3.16. The molecule has 0 radical (unpaired) electrons. The highest BCUT2D eigenvalue weighted by atomic mass is 32.1. The van der Waals surface area contributed by atoms with Gasteiger partial charge in [-0.15, -0.1) is 11.3 Å². The molecule has 0 atom stereocenters. The molecule has 2 heterocycles. The number of hydrogen-bond donors (Lipinski definition) is 2. The van der Waals surface area contributed by atoms with Gasteiger partial charge in [-0.2, -0.15) is 0 Å². The molecule has 1 aliphatic rings. The van der Waals surface area contributed by atoms with Gasteiger partial charge in [0.05, 0.1) is 5.69 Å². The molecule has 0 unspecified atom stereocenters. The van der Waals surface area contributed by atoms with E-state index in [1.165, 1.54) is 28.5 Å². The average molecular weight is 424 g/mol. The minimum Gasteiger partial charge on any atom is -0.298 e. The third-order valence-corrected chi connectivity index (χ3v) is 5.39. The Morgan fingerprint density at radius 1 is 1.17 bits per heavy atom. The lowest BCUT2D eigenvalue weighted by Gasteiger charge is -2.27. The Morgan fingerprint density at radius 2 is 1.97 bits per heavy atom. The number of thiazole rings is 1. The van der Waals surface area contributed by atoms with Gasteiger partial charge in [-0.25, -0.2) is 14.4 Å². The van der Waals surface area contributed by atoms with Crippen molar-refractivity contribution in [3.63, 3.8) is 0 Å². The van der Waals surface area contributed by atoms with Crippen LogP contribution in [0, 0.1) is 5.82 Å². The van der Waals surface area contributed by atoms with Crippen molar-refractivity contribution in [1.29, 1.82) is 0 Å². The van der Waals surface area contributed by atoms with Crippen molar-refractivity contribution in [1.82, 2.24) is 10.4 Å². The number of nitrogens with zero attached hydrogens (tertiary/aromatic N) is 2. The molecule has 1 fully saturated rings. The van der Waals surface area contributed by atoms with Gasteiger partial charge in [0.2, 0.25) is 11.8 Å². The Labute approximate surface area is 175 Å². The van der Waals surface area contributed by atoms with Gasteiger partial charge in [-0.05, 0) is 42.0 Å².